The first-order valence-electron chi connectivity index (χ1n) is 11.8. The maximum Gasteiger partial charge on any atom is 0.264 e. The molecule has 3 aromatic carbocycles. The minimum Gasteiger partial charge on any atom is -0.352 e. The molecule has 0 radical (unpaired) electrons. The van der Waals surface area contributed by atoms with Crippen molar-refractivity contribution in [1.29, 1.82) is 0 Å². The number of nitrogens with one attached hydrogen (secondary N) is 1. The highest BCUT2D eigenvalue weighted by Crippen LogP contribution is 2.28. The van der Waals surface area contributed by atoms with Gasteiger partial charge in [-0.25, -0.2) is 12.8 Å². The second kappa shape index (κ2) is 12.6. The zero-order valence-electron chi connectivity index (χ0n) is 21.1. The maximum atomic E-state index is 13.8. The Balaban J connectivity index is 2.05. The number of hydrogen-bond acceptors (Lipinski definition) is 4. The van der Waals surface area contributed by atoms with E-state index in [-0.39, 0.29) is 23.2 Å². The standard InChI is InChI=1S/C27H28Cl2FN3O4S/c1-18(2)31-27(35)19(3)32(16-23-24(28)10-7-11-25(23)29)26(34)17-33(21-14-12-20(30)13-15-21)38(36,37)22-8-5-4-6-9-22/h4-15,18-19H,16-17H2,1-3H3,(H,31,35)/t19-/m0/s1. The summed E-state index contributed by atoms with van der Waals surface area (Å²) < 4.78 is 41.8. The molecule has 1 N–H and O–H groups in total. The Bertz CT molecular complexity index is 1370. The van der Waals surface area contributed by atoms with Gasteiger partial charge < -0.3 is 10.2 Å². The topological polar surface area (TPSA) is 86.8 Å². The van der Waals surface area contributed by atoms with E-state index in [1.165, 1.54) is 36.1 Å². The molecule has 3 aromatic rings. The van der Waals surface area contributed by atoms with Crippen LogP contribution in [0.4, 0.5) is 10.1 Å². The van der Waals surface area contributed by atoms with Crippen molar-refractivity contribution in [1.82, 2.24) is 10.2 Å². The van der Waals surface area contributed by atoms with Crippen molar-refractivity contribution < 1.29 is 22.4 Å². The van der Waals surface area contributed by atoms with Crippen LogP contribution in [0.3, 0.4) is 0 Å². The lowest BCUT2D eigenvalue weighted by Crippen LogP contribution is -2.52. The normalized spacial score (nSPS) is 12.2. The zero-order valence-corrected chi connectivity index (χ0v) is 23.4. The fourth-order valence-corrected chi connectivity index (χ4v) is 5.65. The maximum absolute atomic E-state index is 13.8. The van der Waals surface area contributed by atoms with Gasteiger partial charge in [-0.2, -0.15) is 0 Å². The molecule has 7 nitrogen and oxygen atoms in total. The van der Waals surface area contributed by atoms with E-state index in [0.29, 0.717) is 15.6 Å². The summed E-state index contributed by atoms with van der Waals surface area (Å²) in [5, 5.41) is 3.35. The number of carbonyl (C=O) groups is 2. The van der Waals surface area contributed by atoms with Crippen molar-refractivity contribution in [2.24, 2.45) is 0 Å². The van der Waals surface area contributed by atoms with Crippen LogP contribution in [0.15, 0.2) is 77.7 Å². The van der Waals surface area contributed by atoms with Gasteiger partial charge in [0.2, 0.25) is 11.8 Å². The highest BCUT2D eigenvalue weighted by atomic mass is 35.5. The number of rotatable bonds is 10. The van der Waals surface area contributed by atoms with Crippen molar-refractivity contribution in [3.8, 4) is 0 Å². The first kappa shape index (κ1) is 29.4. The summed E-state index contributed by atoms with van der Waals surface area (Å²) >= 11 is 12.7. The lowest BCUT2D eigenvalue weighted by Gasteiger charge is -2.32. The van der Waals surface area contributed by atoms with Crippen molar-refractivity contribution in [3.63, 3.8) is 0 Å². The van der Waals surface area contributed by atoms with Gasteiger partial charge in [0, 0.05) is 28.2 Å². The minimum atomic E-state index is -4.24. The van der Waals surface area contributed by atoms with Crippen molar-refractivity contribution in [2.45, 2.75) is 44.3 Å². The molecule has 11 heteroatoms. The summed E-state index contributed by atoms with van der Waals surface area (Å²) in [6.45, 7) is 4.29. The molecule has 0 unspecified atom stereocenters. The van der Waals surface area contributed by atoms with Gasteiger partial charge in [-0.3, -0.25) is 13.9 Å². The molecule has 0 saturated heterocycles. The highest BCUT2D eigenvalue weighted by molar-refractivity contribution is 7.92. The molecule has 0 heterocycles. The Hall–Kier alpha value is -3.14. The average molecular weight is 581 g/mol. The second-order valence-corrected chi connectivity index (χ2v) is 11.5. The van der Waals surface area contributed by atoms with Gasteiger partial charge in [0.15, 0.2) is 0 Å². The number of halogens is 3. The summed E-state index contributed by atoms with van der Waals surface area (Å²) in [5.74, 6) is -1.68. The molecule has 0 fully saturated rings. The van der Waals surface area contributed by atoms with Gasteiger partial charge in [0.05, 0.1) is 10.6 Å². The van der Waals surface area contributed by atoms with Gasteiger partial charge in [0.1, 0.15) is 18.4 Å². The first-order chi connectivity index (χ1) is 17.9. The molecule has 2 amide bonds. The predicted octanol–water partition coefficient (Wildman–Crippen LogP) is 5.27. The molecular weight excluding hydrogens is 552 g/mol. The van der Waals surface area contributed by atoms with Crippen LogP contribution in [0, 0.1) is 5.82 Å². The van der Waals surface area contributed by atoms with Crippen LogP contribution in [-0.2, 0) is 26.2 Å². The lowest BCUT2D eigenvalue weighted by atomic mass is 10.1. The zero-order chi connectivity index (χ0) is 28.0. The molecule has 3 rings (SSSR count). The molecular formula is C27H28Cl2FN3O4S. The quantitative estimate of drug-likeness (QED) is 0.354. The third-order valence-corrected chi connectivity index (χ3v) is 8.21. The van der Waals surface area contributed by atoms with E-state index in [1.54, 1.807) is 50.2 Å². The molecule has 0 aliphatic heterocycles. The Morgan fingerprint density at radius 3 is 2.03 bits per heavy atom. The molecule has 1 atom stereocenters. The third kappa shape index (κ3) is 7.03. The summed E-state index contributed by atoms with van der Waals surface area (Å²) in [7, 11) is -4.24. The van der Waals surface area contributed by atoms with E-state index in [9.17, 15) is 22.4 Å². The van der Waals surface area contributed by atoms with Crippen LogP contribution in [0.25, 0.3) is 0 Å². The Labute approximate surface area is 232 Å². The molecule has 0 aliphatic rings. The van der Waals surface area contributed by atoms with Crippen LogP contribution in [0.1, 0.15) is 26.3 Å². The van der Waals surface area contributed by atoms with E-state index in [2.05, 4.69) is 5.32 Å². The second-order valence-electron chi connectivity index (χ2n) is 8.86. The van der Waals surface area contributed by atoms with Crippen molar-refractivity contribution in [3.05, 3.63) is 94.2 Å². The van der Waals surface area contributed by atoms with E-state index < -0.39 is 40.2 Å². The first-order valence-corrected chi connectivity index (χ1v) is 14.0. The number of hydrogen-bond donors (Lipinski definition) is 1. The van der Waals surface area contributed by atoms with Crippen LogP contribution in [0.2, 0.25) is 10.0 Å². The van der Waals surface area contributed by atoms with Gasteiger partial charge in [-0.1, -0.05) is 47.5 Å². The van der Waals surface area contributed by atoms with Crippen LogP contribution in [0.5, 0.6) is 0 Å². The lowest BCUT2D eigenvalue weighted by molar-refractivity contribution is -0.139. The summed E-state index contributed by atoms with van der Waals surface area (Å²) in [6, 6.07) is 16.0. The monoisotopic (exact) mass is 579 g/mol. The van der Waals surface area contributed by atoms with E-state index >= 15 is 0 Å². The van der Waals surface area contributed by atoms with Crippen LogP contribution >= 0.6 is 23.2 Å². The Morgan fingerprint density at radius 2 is 1.47 bits per heavy atom. The SMILES string of the molecule is CC(C)NC(=O)[C@H](C)N(Cc1c(Cl)cccc1Cl)C(=O)CN(c1ccc(F)cc1)S(=O)(=O)c1ccccc1. The van der Waals surface area contributed by atoms with Crippen LogP contribution in [-0.4, -0.2) is 43.8 Å². The summed E-state index contributed by atoms with van der Waals surface area (Å²) in [5.41, 5.74) is 0.492. The number of sulfonamides is 1. The van der Waals surface area contributed by atoms with Crippen molar-refractivity contribution >= 4 is 50.7 Å². The molecule has 0 aromatic heterocycles. The molecule has 0 spiro atoms. The van der Waals surface area contributed by atoms with E-state index in [0.717, 1.165) is 16.4 Å². The summed E-state index contributed by atoms with van der Waals surface area (Å²) in [4.78, 5) is 27.9. The van der Waals surface area contributed by atoms with Gasteiger partial charge in [-0.15, -0.1) is 0 Å². The predicted molar refractivity (Wildman–Crippen MR) is 147 cm³/mol. The average Bonchev–Trinajstić information content (AvgIpc) is 2.87. The van der Waals surface area contributed by atoms with Crippen LogP contribution < -0.4 is 9.62 Å². The summed E-state index contributed by atoms with van der Waals surface area (Å²) in [6.07, 6.45) is 0. The van der Waals surface area contributed by atoms with Gasteiger partial charge >= 0.3 is 0 Å². The van der Waals surface area contributed by atoms with Gasteiger partial charge in [0.25, 0.3) is 10.0 Å². The van der Waals surface area contributed by atoms with Gasteiger partial charge in [-0.05, 0) is 69.3 Å². The molecule has 202 valence electrons. The third-order valence-electron chi connectivity index (χ3n) is 5.71. The fourth-order valence-electron chi connectivity index (χ4n) is 3.70. The number of carbonyl (C=O) groups excluding carboxylic acids is 2. The number of benzene rings is 3. The molecule has 38 heavy (non-hydrogen) atoms. The smallest absolute Gasteiger partial charge is 0.264 e. The Kier molecular flexibility index (Phi) is 9.76. The largest absolute Gasteiger partial charge is 0.352 e. The number of nitrogens with zero attached hydrogens (tertiary/aromatic N) is 2. The number of amides is 2. The Morgan fingerprint density at radius 1 is 0.895 bits per heavy atom. The van der Waals surface area contributed by atoms with E-state index in [1.807, 2.05) is 0 Å². The molecule has 0 saturated carbocycles. The fraction of sp³-hybridized carbons (Fsp3) is 0.259. The van der Waals surface area contributed by atoms with Crippen molar-refractivity contribution in [2.75, 3.05) is 10.8 Å². The molecule has 0 aliphatic carbocycles. The molecule has 0 bridgehead atoms. The minimum absolute atomic E-state index is 0.0524. The van der Waals surface area contributed by atoms with E-state index in [4.69, 9.17) is 23.2 Å². The number of anilines is 1. The highest BCUT2D eigenvalue weighted by Gasteiger charge is 2.33.